The second-order valence-corrected chi connectivity index (χ2v) is 6.11. The molecule has 0 rings (SSSR count). The van der Waals surface area contributed by atoms with Crippen molar-refractivity contribution in [2.24, 2.45) is 0 Å². The van der Waals surface area contributed by atoms with E-state index in [9.17, 15) is 13.6 Å². The Bertz CT molecular complexity index is 245. The summed E-state index contributed by atoms with van der Waals surface area (Å²) in [6.07, 6.45) is 0.940. The molecule has 0 saturated carbocycles. The SMILES string of the molecule is CCC(F)(F)CCCCSC(C)C(=O)OC(C)C. The summed E-state index contributed by atoms with van der Waals surface area (Å²) in [6.45, 7) is 6.90. The first-order valence-corrected chi connectivity index (χ1v) is 7.53. The van der Waals surface area contributed by atoms with Crippen LogP contribution in [0.2, 0.25) is 0 Å². The van der Waals surface area contributed by atoms with Gasteiger partial charge in [-0.25, -0.2) is 8.78 Å². The summed E-state index contributed by atoms with van der Waals surface area (Å²) < 4.78 is 30.9. The topological polar surface area (TPSA) is 26.3 Å². The Morgan fingerprint density at radius 3 is 2.39 bits per heavy atom. The maximum atomic E-state index is 12.9. The lowest BCUT2D eigenvalue weighted by Gasteiger charge is -2.15. The van der Waals surface area contributed by atoms with E-state index >= 15 is 0 Å². The zero-order valence-corrected chi connectivity index (χ0v) is 12.5. The van der Waals surface area contributed by atoms with Crippen molar-refractivity contribution in [3.63, 3.8) is 0 Å². The molecule has 0 bridgehead atoms. The smallest absolute Gasteiger partial charge is 0.319 e. The summed E-state index contributed by atoms with van der Waals surface area (Å²) >= 11 is 1.47. The van der Waals surface area contributed by atoms with Gasteiger partial charge in [0.2, 0.25) is 5.92 Å². The van der Waals surface area contributed by atoms with Crippen LogP contribution in [-0.4, -0.2) is 29.0 Å². The van der Waals surface area contributed by atoms with E-state index in [0.29, 0.717) is 18.6 Å². The molecule has 108 valence electrons. The first-order valence-electron chi connectivity index (χ1n) is 6.48. The molecule has 0 aliphatic carbocycles. The van der Waals surface area contributed by atoms with Gasteiger partial charge in [-0.1, -0.05) is 6.92 Å². The number of thioether (sulfide) groups is 1. The van der Waals surface area contributed by atoms with Crippen LogP contribution < -0.4 is 0 Å². The molecule has 0 aromatic carbocycles. The molecule has 0 aliphatic rings. The predicted octanol–water partition coefficient (Wildman–Crippen LogP) is 4.28. The van der Waals surface area contributed by atoms with Crippen molar-refractivity contribution in [2.45, 2.75) is 70.7 Å². The lowest BCUT2D eigenvalue weighted by Crippen LogP contribution is -2.21. The van der Waals surface area contributed by atoms with Crippen molar-refractivity contribution in [3.8, 4) is 0 Å². The van der Waals surface area contributed by atoms with Gasteiger partial charge in [-0.3, -0.25) is 4.79 Å². The fraction of sp³-hybridized carbons (Fsp3) is 0.923. The Hall–Kier alpha value is -0.320. The summed E-state index contributed by atoms with van der Waals surface area (Å²) in [5, 5.41) is -0.223. The Morgan fingerprint density at radius 1 is 1.28 bits per heavy atom. The molecule has 0 N–H and O–H groups in total. The van der Waals surface area contributed by atoms with Gasteiger partial charge in [0, 0.05) is 12.8 Å². The normalized spacial score (nSPS) is 13.7. The fourth-order valence-electron chi connectivity index (χ4n) is 1.32. The Kier molecular flexibility index (Phi) is 8.57. The van der Waals surface area contributed by atoms with Gasteiger partial charge in [0.15, 0.2) is 0 Å². The number of unbranched alkanes of at least 4 members (excludes halogenated alkanes) is 1. The third-order valence-electron chi connectivity index (χ3n) is 2.51. The highest BCUT2D eigenvalue weighted by molar-refractivity contribution is 8.00. The Morgan fingerprint density at radius 2 is 1.89 bits per heavy atom. The molecule has 18 heavy (non-hydrogen) atoms. The number of hydrogen-bond acceptors (Lipinski definition) is 3. The number of hydrogen-bond donors (Lipinski definition) is 0. The van der Waals surface area contributed by atoms with E-state index in [1.807, 2.05) is 13.8 Å². The summed E-state index contributed by atoms with van der Waals surface area (Å²) in [7, 11) is 0. The van der Waals surface area contributed by atoms with Crippen LogP contribution in [0.3, 0.4) is 0 Å². The second-order valence-electron chi connectivity index (χ2n) is 4.67. The summed E-state index contributed by atoms with van der Waals surface area (Å²) in [6, 6.07) is 0. The quantitative estimate of drug-likeness (QED) is 0.466. The largest absolute Gasteiger partial charge is 0.462 e. The van der Waals surface area contributed by atoms with Crippen molar-refractivity contribution in [1.29, 1.82) is 0 Å². The van der Waals surface area contributed by atoms with Crippen molar-refractivity contribution in [3.05, 3.63) is 0 Å². The highest BCUT2D eigenvalue weighted by Crippen LogP contribution is 2.25. The standard InChI is InChI=1S/C13H24F2O2S/c1-5-13(14,15)8-6-7-9-18-11(4)12(16)17-10(2)3/h10-11H,5-9H2,1-4H3. The van der Waals surface area contributed by atoms with Gasteiger partial charge < -0.3 is 4.74 Å². The molecule has 0 spiro atoms. The van der Waals surface area contributed by atoms with Crippen LogP contribution in [0.5, 0.6) is 0 Å². The number of ether oxygens (including phenoxy) is 1. The van der Waals surface area contributed by atoms with E-state index in [1.54, 1.807) is 6.92 Å². The van der Waals surface area contributed by atoms with E-state index in [4.69, 9.17) is 4.74 Å². The molecular weight excluding hydrogens is 258 g/mol. The molecule has 5 heteroatoms. The van der Waals surface area contributed by atoms with Crippen molar-refractivity contribution in [2.75, 3.05) is 5.75 Å². The third kappa shape index (κ3) is 8.72. The second kappa shape index (κ2) is 8.73. The molecule has 0 heterocycles. The molecule has 0 amide bonds. The lowest BCUT2D eigenvalue weighted by atomic mass is 10.1. The first kappa shape index (κ1) is 17.7. The van der Waals surface area contributed by atoms with Crippen LogP contribution in [0.4, 0.5) is 8.78 Å². The highest BCUT2D eigenvalue weighted by Gasteiger charge is 2.25. The Balaban J connectivity index is 3.63. The molecule has 0 aliphatic heterocycles. The van der Waals surface area contributed by atoms with Gasteiger partial charge in [0.1, 0.15) is 0 Å². The Labute approximate surface area is 113 Å². The van der Waals surface area contributed by atoms with Gasteiger partial charge in [0.25, 0.3) is 0 Å². The van der Waals surface area contributed by atoms with E-state index in [-0.39, 0.29) is 30.2 Å². The van der Waals surface area contributed by atoms with Crippen molar-refractivity contribution in [1.82, 2.24) is 0 Å². The van der Waals surface area contributed by atoms with Crippen molar-refractivity contribution >= 4 is 17.7 Å². The summed E-state index contributed by atoms with van der Waals surface area (Å²) in [4.78, 5) is 11.5. The minimum atomic E-state index is -2.53. The molecular formula is C13H24F2O2S. The highest BCUT2D eigenvalue weighted by atomic mass is 32.2. The molecule has 1 unspecified atom stereocenters. The molecule has 1 atom stereocenters. The number of carbonyl (C=O) groups excluding carboxylic acids is 1. The lowest BCUT2D eigenvalue weighted by molar-refractivity contribution is -0.146. The summed E-state index contributed by atoms with van der Waals surface area (Å²) in [5.41, 5.74) is 0. The minimum absolute atomic E-state index is 0.0606. The first-order chi connectivity index (χ1) is 8.28. The number of rotatable bonds is 9. The number of halogens is 2. The van der Waals surface area contributed by atoms with E-state index in [1.165, 1.54) is 18.7 Å². The predicted molar refractivity (Wildman–Crippen MR) is 72.2 cm³/mol. The van der Waals surface area contributed by atoms with Crippen LogP contribution in [-0.2, 0) is 9.53 Å². The molecule has 0 fully saturated rings. The number of esters is 1. The zero-order chi connectivity index (χ0) is 14.2. The van der Waals surface area contributed by atoms with Gasteiger partial charge in [0.05, 0.1) is 11.4 Å². The zero-order valence-electron chi connectivity index (χ0n) is 11.7. The van der Waals surface area contributed by atoms with Gasteiger partial charge in [-0.05, 0) is 39.4 Å². The van der Waals surface area contributed by atoms with Gasteiger partial charge >= 0.3 is 5.97 Å². The maximum absolute atomic E-state index is 12.9. The average molecular weight is 282 g/mol. The van der Waals surface area contributed by atoms with E-state index in [2.05, 4.69) is 0 Å². The summed E-state index contributed by atoms with van der Waals surface area (Å²) in [5.74, 6) is -2.05. The molecule has 0 aromatic heterocycles. The van der Waals surface area contributed by atoms with Crippen molar-refractivity contribution < 1.29 is 18.3 Å². The van der Waals surface area contributed by atoms with Crippen LogP contribution >= 0.6 is 11.8 Å². The minimum Gasteiger partial charge on any atom is -0.462 e. The van der Waals surface area contributed by atoms with Crippen LogP contribution in [0.25, 0.3) is 0 Å². The molecule has 0 saturated heterocycles. The van der Waals surface area contributed by atoms with E-state index < -0.39 is 5.92 Å². The molecule has 2 nitrogen and oxygen atoms in total. The molecule has 0 aromatic rings. The van der Waals surface area contributed by atoms with Gasteiger partial charge in [-0.2, -0.15) is 0 Å². The fourth-order valence-corrected chi connectivity index (χ4v) is 2.23. The maximum Gasteiger partial charge on any atom is 0.319 e. The average Bonchev–Trinajstić information content (AvgIpc) is 2.27. The van der Waals surface area contributed by atoms with Crippen LogP contribution in [0, 0.1) is 0 Å². The monoisotopic (exact) mass is 282 g/mol. The van der Waals surface area contributed by atoms with Gasteiger partial charge in [-0.15, -0.1) is 11.8 Å². The molecule has 0 radical (unpaired) electrons. The number of carbonyl (C=O) groups is 1. The van der Waals surface area contributed by atoms with E-state index in [0.717, 1.165) is 0 Å². The number of alkyl halides is 2. The van der Waals surface area contributed by atoms with Crippen LogP contribution in [0.1, 0.15) is 53.4 Å². The third-order valence-corrected chi connectivity index (χ3v) is 3.72. The van der Waals surface area contributed by atoms with Crippen LogP contribution in [0.15, 0.2) is 0 Å².